The monoisotopic (exact) mass is 474 g/mol. The van der Waals surface area contributed by atoms with E-state index < -0.39 is 17.2 Å². The van der Waals surface area contributed by atoms with E-state index in [0.29, 0.717) is 5.92 Å². The quantitative estimate of drug-likeness (QED) is 0.541. The number of nitrogens with zero attached hydrogens (tertiary/aromatic N) is 2. The van der Waals surface area contributed by atoms with Gasteiger partial charge < -0.3 is 15.4 Å². The number of hydrogen-bond acceptors (Lipinski definition) is 7. The van der Waals surface area contributed by atoms with E-state index in [9.17, 15) is 18.0 Å². The summed E-state index contributed by atoms with van der Waals surface area (Å²) in [7, 11) is 1.62. The van der Waals surface area contributed by atoms with Crippen molar-refractivity contribution in [3.8, 4) is 5.75 Å². The van der Waals surface area contributed by atoms with E-state index in [1.807, 2.05) is 18.2 Å². The highest BCUT2D eigenvalue weighted by Gasteiger charge is 2.67. The number of hydrogen-bond donors (Lipinski definition) is 4. The molecule has 2 aliphatic carbocycles. The van der Waals surface area contributed by atoms with Crippen LogP contribution in [-0.2, 0) is 16.4 Å². The van der Waals surface area contributed by atoms with Crippen LogP contribution in [0.25, 0.3) is 0 Å². The lowest BCUT2D eigenvalue weighted by atomic mass is 9.74. The fourth-order valence-electron chi connectivity index (χ4n) is 6.32. The number of alkyl halides is 3. The summed E-state index contributed by atoms with van der Waals surface area (Å²) in [5, 5.41) is 5.97. The number of nitrogens with one attached hydrogen (secondary N) is 4. The summed E-state index contributed by atoms with van der Waals surface area (Å²) in [5.74, 6) is 1.27. The molecule has 1 amide bonds. The molecule has 2 aliphatic heterocycles. The van der Waals surface area contributed by atoms with Crippen molar-refractivity contribution in [1.29, 1.82) is 0 Å². The Hall–Kier alpha value is -2.92. The van der Waals surface area contributed by atoms with Crippen molar-refractivity contribution in [2.45, 2.75) is 49.5 Å². The van der Waals surface area contributed by atoms with Crippen LogP contribution >= 0.6 is 0 Å². The molecule has 3 heterocycles. The van der Waals surface area contributed by atoms with Crippen LogP contribution < -0.4 is 26.2 Å². The van der Waals surface area contributed by atoms with Gasteiger partial charge in [0.2, 0.25) is 5.91 Å². The minimum absolute atomic E-state index is 0.0587. The Morgan fingerprint density at radius 2 is 2.09 bits per heavy atom. The number of benzene rings is 1. The minimum atomic E-state index is -4.53. The smallest absolute Gasteiger partial charge is 0.421 e. The molecule has 3 fully saturated rings. The molecular weight excluding hydrogens is 449 g/mol. The number of fused-ring (bicyclic) bond motifs is 3. The highest BCUT2D eigenvalue weighted by atomic mass is 19.4. The molecule has 11 heteroatoms. The molecular formula is C23H25F3N6O2. The zero-order valence-corrected chi connectivity index (χ0v) is 18.4. The fraction of sp³-hybridized carbons (Fsp3) is 0.522. The maximum atomic E-state index is 13.3. The van der Waals surface area contributed by atoms with Crippen LogP contribution in [0.1, 0.15) is 36.8 Å². The zero-order valence-electron chi connectivity index (χ0n) is 18.4. The van der Waals surface area contributed by atoms with E-state index in [0.717, 1.165) is 55.2 Å². The van der Waals surface area contributed by atoms with Crippen molar-refractivity contribution < 1.29 is 22.7 Å². The number of halogens is 3. The lowest BCUT2D eigenvalue weighted by molar-refractivity contribution is -0.137. The molecule has 4 N–H and O–H groups in total. The number of amides is 1. The van der Waals surface area contributed by atoms with Gasteiger partial charge in [-0.25, -0.2) is 15.4 Å². The third kappa shape index (κ3) is 3.24. The molecule has 1 spiro atoms. The topological polar surface area (TPSA) is 100 Å². The van der Waals surface area contributed by atoms with Crippen LogP contribution in [0.15, 0.2) is 30.7 Å². The summed E-state index contributed by atoms with van der Waals surface area (Å²) in [4.78, 5) is 20.3. The predicted octanol–water partition coefficient (Wildman–Crippen LogP) is 3.04. The van der Waals surface area contributed by atoms with Crippen LogP contribution in [0.3, 0.4) is 0 Å². The zero-order chi connectivity index (χ0) is 23.7. The number of carbonyl (C=O) groups is 1. The van der Waals surface area contributed by atoms with Crippen LogP contribution in [0.5, 0.6) is 5.75 Å². The molecule has 2 saturated carbocycles. The summed E-state index contributed by atoms with van der Waals surface area (Å²) < 4.78 is 45.4. The third-order valence-corrected chi connectivity index (χ3v) is 8.05. The molecule has 6 atom stereocenters. The first-order valence-electron chi connectivity index (χ1n) is 11.5. The number of anilines is 2. The molecule has 1 saturated heterocycles. The van der Waals surface area contributed by atoms with Crippen LogP contribution in [0, 0.1) is 17.8 Å². The Morgan fingerprint density at radius 3 is 2.88 bits per heavy atom. The Balaban J connectivity index is 1.16. The van der Waals surface area contributed by atoms with Crippen LogP contribution in [-0.4, -0.2) is 35.2 Å². The van der Waals surface area contributed by atoms with Gasteiger partial charge >= 0.3 is 6.18 Å². The van der Waals surface area contributed by atoms with Gasteiger partial charge in [-0.05, 0) is 61.3 Å². The second-order valence-electron chi connectivity index (χ2n) is 9.68. The van der Waals surface area contributed by atoms with Crippen LogP contribution in [0.2, 0.25) is 0 Å². The number of hydrazine groups is 1. The van der Waals surface area contributed by atoms with E-state index in [-0.39, 0.29) is 35.8 Å². The average Bonchev–Trinajstić information content (AvgIpc) is 3.37. The van der Waals surface area contributed by atoms with Gasteiger partial charge in [-0.1, -0.05) is 0 Å². The molecule has 1 aromatic heterocycles. The molecule has 8 nitrogen and oxygen atoms in total. The lowest BCUT2D eigenvalue weighted by Gasteiger charge is -2.34. The fourth-order valence-corrected chi connectivity index (χ4v) is 6.32. The molecule has 180 valence electrons. The Kier molecular flexibility index (Phi) is 4.79. The molecule has 1 aromatic carbocycles. The summed E-state index contributed by atoms with van der Waals surface area (Å²) in [6.07, 6.45) is 0.397. The van der Waals surface area contributed by atoms with Crippen molar-refractivity contribution in [3.05, 3.63) is 41.9 Å². The SMILES string of the molecule is COc1ccc2c(c1)[C@]1(C[C@H]1C1CCC3C(C1)NNC3Nc1ncncc1C(F)(F)F)C(=O)N2. The number of aromatic nitrogens is 2. The van der Waals surface area contributed by atoms with E-state index in [4.69, 9.17) is 4.74 Å². The molecule has 4 aliphatic rings. The summed E-state index contributed by atoms with van der Waals surface area (Å²) in [5.41, 5.74) is 6.90. The Labute approximate surface area is 194 Å². The summed E-state index contributed by atoms with van der Waals surface area (Å²) >= 11 is 0. The number of ether oxygens (including phenoxy) is 1. The van der Waals surface area contributed by atoms with Crippen molar-refractivity contribution in [3.63, 3.8) is 0 Å². The van der Waals surface area contributed by atoms with Crippen molar-refractivity contribution in [2.24, 2.45) is 17.8 Å². The second kappa shape index (κ2) is 7.54. The normalized spacial score (nSPS) is 33.9. The van der Waals surface area contributed by atoms with Gasteiger partial charge in [0.25, 0.3) is 0 Å². The lowest BCUT2D eigenvalue weighted by Crippen LogP contribution is -2.39. The highest BCUT2D eigenvalue weighted by molar-refractivity contribution is 6.09. The molecule has 2 aromatic rings. The second-order valence-corrected chi connectivity index (χ2v) is 9.68. The molecule has 0 bridgehead atoms. The van der Waals surface area contributed by atoms with Gasteiger partial charge in [0.15, 0.2) is 0 Å². The minimum Gasteiger partial charge on any atom is -0.497 e. The molecule has 34 heavy (non-hydrogen) atoms. The third-order valence-electron chi connectivity index (χ3n) is 8.05. The van der Waals surface area contributed by atoms with Crippen LogP contribution in [0.4, 0.5) is 24.7 Å². The molecule has 0 radical (unpaired) electrons. The number of carbonyl (C=O) groups excluding carboxylic acids is 1. The first-order chi connectivity index (χ1) is 16.3. The standard InChI is InChI=1S/C23H25F3N6O2/c1-34-12-3-5-17-14(7-12)22(21(33)29-17)8-15(22)11-2-4-13-18(6-11)31-32-19(13)30-20-16(23(24,25)26)9-27-10-28-20/h3,5,7,9-11,13,15,18-19,31-32H,2,4,6,8H2,1H3,(H,29,33)(H,27,28,30)/t11?,13?,15-,18?,19?,22-/m0/s1. The van der Waals surface area contributed by atoms with Gasteiger partial charge in [0.05, 0.1) is 18.7 Å². The van der Waals surface area contributed by atoms with Gasteiger partial charge in [-0.2, -0.15) is 13.2 Å². The summed E-state index contributed by atoms with van der Waals surface area (Å²) in [6.45, 7) is 0. The van der Waals surface area contributed by atoms with Gasteiger partial charge in [0, 0.05) is 23.8 Å². The average molecular weight is 474 g/mol. The highest BCUT2D eigenvalue weighted by Crippen LogP contribution is 2.65. The van der Waals surface area contributed by atoms with Crippen molar-refractivity contribution >= 4 is 17.4 Å². The van der Waals surface area contributed by atoms with Crippen molar-refractivity contribution in [2.75, 3.05) is 17.7 Å². The largest absolute Gasteiger partial charge is 0.497 e. The van der Waals surface area contributed by atoms with Gasteiger partial charge in [-0.3, -0.25) is 10.2 Å². The van der Waals surface area contributed by atoms with Crippen molar-refractivity contribution in [1.82, 2.24) is 20.8 Å². The van der Waals surface area contributed by atoms with Gasteiger partial charge in [-0.15, -0.1) is 0 Å². The van der Waals surface area contributed by atoms with E-state index in [2.05, 4.69) is 31.5 Å². The maximum Gasteiger partial charge on any atom is 0.421 e. The Bertz CT molecular complexity index is 1140. The predicted molar refractivity (Wildman–Crippen MR) is 117 cm³/mol. The molecule has 6 rings (SSSR count). The maximum absolute atomic E-state index is 13.3. The summed E-state index contributed by atoms with van der Waals surface area (Å²) in [6, 6.07) is 5.81. The Morgan fingerprint density at radius 1 is 1.24 bits per heavy atom. The first kappa shape index (κ1) is 21.6. The number of rotatable bonds is 4. The van der Waals surface area contributed by atoms with E-state index >= 15 is 0 Å². The van der Waals surface area contributed by atoms with E-state index in [1.165, 1.54) is 0 Å². The van der Waals surface area contributed by atoms with E-state index in [1.54, 1.807) is 7.11 Å². The van der Waals surface area contributed by atoms with Gasteiger partial charge in [0.1, 0.15) is 23.5 Å². The molecule has 4 unspecified atom stereocenters. The first-order valence-corrected chi connectivity index (χ1v) is 11.5. The number of methoxy groups -OCH3 is 1.